The molecular formula is C23H27N5. The van der Waals surface area contributed by atoms with E-state index in [-0.39, 0.29) is 0 Å². The first-order valence-electron chi connectivity index (χ1n) is 9.89. The van der Waals surface area contributed by atoms with E-state index in [1.54, 1.807) is 0 Å². The fourth-order valence-corrected chi connectivity index (χ4v) is 3.57. The van der Waals surface area contributed by atoms with Crippen molar-refractivity contribution in [2.45, 2.75) is 33.6 Å². The quantitative estimate of drug-likeness (QED) is 0.619. The van der Waals surface area contributed by atoms with E-state index in [4.69, 9.17) is 0 Å². The Morgan fingerprint density at radius 3 is 2.36 bits per heavy atom. The van der Waals surface area contributed by atoms with E-state index in [9.17, 15) is 0 Å². The van der Waals surface area contributed by atoms with Crippen LogP contribution in [0.1, 0.15) is 29.7 Å². The lowest BCUT2D eigenvalue weighted by molar-refractivity contribution is 0.949. The van der Waals surface area contributed by atoms with E-state index in [0.29, 0.717) is 5.95 Å². The molecule has 3 aromatic rings. The predicted molar refractivity (Wildman–Crippen MR) is 117 cm³/mol. The molecule has 0 unspecified atom stereocenters. The van der Waals surface area contributed by atoms with E-state index < -0.39 is 0 Å². The number of hydrogen-bond donors (Lipinski definition) is 2. The molecule has 0 bridgehead atoms. The minimum absolute atomic E-state index is 0.602. The molecule has 144 valence electrons. The van der Waals surface area contributed by atoms with Crippen LogP contribution in [0.5, 0.6) is 0 Å². The van der Waals surface area contributed by atoms with Crippen molar-refractivity contribution in [1.82, 2.24) is 9.97 Å². The van der Waals surface area contributed by atoms with E-state index in [1.807, 2.05) is 19.1 Å². The smallest absolute Gasteiger partial charge is 0.229 e. The number of anilines is 5. The van der Waals surface area contributed by atoms with Crippen molar-refractivity contribution in [2.75, 3.05) is 28.6 Å². The Morgan fingerprint density at radius 1 is 0.857 bits per heavy atom. The maximum Gasteiger partial charge on any atom is 0.229 e. The van der Waals surface area contributed by atoms with Gasteiger partial charge in [0.05, 0.1) is 0 Å². The van der Waals surface area contributed by atoms with Gasteiger partial charge in [-0.25, -0.2) is 4.98 Å². The zero-order chi connectivity index (χ0) is 19.5. The molecule has 1 aliphatic heterocycles. The maximum atomic E-state index is 4.65. The summed E-state index contributed by atoms with van der Waals surface area (Å²) in [6.45, 7) is 8.51. The normalized spacial score (nSPS) is 13.6. The van der Waals surface area contributed by atoms with Crippen LogP contribution in [0, 0.1) is 20.8 Å². The SMILES string of the molecule is Cc1cc(Nc2ccc(N3CCCC3)cc2)nc(Nc2cccc(C)c2C)n1. The molecule has 0 spiro atoms. The molecule has 0 radical (unpaired) electrons. The number of nitrogens with one attached hydrogen (secondary N) is 2. The van der Waals surface area contributed by atoms with Gasteiger partial charge < -0.3 is 15.5 Å². The third-order valence-corrected chi connectivity index (χ3v) is 5.32. The summed E-state index contributed by atoms with van der Waals surface area (Å²) < 4.78 is 0. The number of rotatable bonds is 5. The van der Waals surface area contributed by atoms with Crippen LogP contribution in [0.2, 0.25) is 0 Å². The van der Waals surface area contributed by atoms with Crippen molar-refractivity contribution in [2.24, 2.45) is 0 Å². The minimum atomic E-state index is 0.602. The highest BCUT2D eigenvalue weighted by Gasteiger charge is 2.12. The largest absolute Gasteiger partial charge is 0.372 e. The van der Waals surface area contributed by atoms with Crippen molar-refractivity contribution < 1.29 is 0 Å². The Morgan fingerprint density at radius 2 is 1.61 bits per heavy atom. The number of benzene rings is 2. The molecule has 4 rings (SSSR count). The minimum Gasteiger partial charge on any atom is -0.372 e. The molecule has 0 amide bonds. The summed E-state index contributed by atoms with van der Waals surface area (Å²) in [7, 11) is 0. The third kappa shape index (κ3) is 4.09. The van der Waals surface area contributed by atoms with Crippen LogP contribution in [-0.4, -0.2) is 23.1 Å². The second-order valence-corrected chi connectivity index (χ2v) is 7.46. The van der Waals surface area contributed by atoms with Gasteiger partial charge in [-0.05, 0) is 75.1 Å². The molecule has 5 heteroatoms. The van der Waals surface area contributed by atoms with Crippen molar-refractivity contribution in [1.29, 1.82) is 0 Å². The molecule has 0 saturated carbocycles. The number of nitrogens with zero attached hydrogens (tertiary/aromatic N) is 3. The summed E-state index contributed by atoms with van der Waals surface area (Å²) in [6, 6.07) is 16.7. The first-order valence-corrected chi connectivity index (χ1v) is 9.89. The molecule has 1 aliphatic rings. The lowest BCUT2D eigenvalue weighted by Gasteiger charge is -2.18. The Hall–Kier alpha value is -3.08. The highest BCUT2D eigenvalue weighted by atomic mass is 15.2. The predicted octanol–water partition coefficient (Wildman–Crippen LogP) is 5.49. The summed E-state index contributed by atoms with van der Waals surface area (Å²) in [5, 5.41) is 6.76. The van der Waals surface area contributed by atoms with Gasteiger partial charge >= 0.3 is 0 Å². The number of hydrogen-bond acceptors (Lipinski definition) is 5. The van der Waals surface area contributed by atoms with Crippen LogP contribution in [0.3, 0.4) is 0 Å². The number of aromatic nitrogens is 2. The first kappa shape index (κ1) is 18.3. The monoisotopic (exact) mass is 373 g/mol. The summed E-state index contributed by atoms with van der Waals surface area (Å²) in [6.07, 6.45) is 2.58. The molecule has 1 fully saturated rings. The van der Waals surface area contributed by atoms with Gasteiger partial charge in [0.15, 0.2) is 0 Å². The summed E-state index contributed by atoms with van der Waals surface area (Å²) in [5.41, 5.74) is 6.72. The van der Waals surface area contributed by atoms with E-state index >= 15 is 0 Å². The molecule has 1 aromatic heterocycles. The highest BCUT2D eigenvalue weighted by molar-refractivity contribution is 5.64. The van der Waals surface area contributed by atoms with Crippen LogP contribution in [0.25, 0.3) is 0 Å². The Labute approximate surface area is 166 Å². The van der Waals surface area contributed by atoms with Crippen LogP contribution in [-0.2, 0) is 0 Å². The molecule has 5 nitrogen and oxygen atoms in total. The third-order valence-electron chi connectivity index (χ3n) is 5.32. The molecule has 1 saturated heterocycles. The molecular weight excluding hydrogens is 346 g/mol. The standard InChI is InChI=1S/C23H27N5/c1-16-7-6-8-21(18(16)3)26-23-24-17(2)15-22(27-23)25-19-9-11-20(12-10-19)28-13-4-5-14-28/h6-12,15H,4-5,13-14H2,1-3H3,(H2,24,25,26,27). The zero-order valence-electron chi connectivity index (χ0n) is 16.8. The van der Waals surface area contributed by atoms with Crippen LogP contribution < -0.4 is 15.5 Å². The van der Waals surface area contributed by atoms with Gasteiger partial charge in [0, 0.05) is 41.9 Å². The van der Waals surface area contributed by atoms with Crippen molar-refractivity contribution >= 4 is 28.8 Å². The average molecular weight is 374 g/mol. The van der Waals surface area contributed by atoms with Crippen molar-refractivity contribution in [3.8, 4) is 0 Å². The first-order chi connectivity index (χ1) is 13.6. The van der Waals surface area contributed by atoms with E-state index in [1.165, 1.54) is 29.7 Å². The second-order valence-electron chi connectivity index (χ2n) is 7.46. The van der Waals surface area contributed by atoms with Crippen molar-refractivity contribution in [3.63, 3.8) is 0 Å². The molecule has 2 N–H and O–H groups in total. The van der Waals surface area contributed by atoms with Gasteiger partial charge in [0.2, 0.25) is 5.95 Å². The average Bonchev–Trinajstić information content (AvgIpc) is 3.20. The topological polar surface area (TPSA) is 53.1 Å². The lowest BCUT2D eigenvalue weighted by Crippen LogP contribution is -2.17. The summed E-state index contributed by atoms with van der Waals surface area (Å²) in [5.74, 6) is 1.39. The van der Waals surface area contributed by atoms with Crippen molar-refractivity contribution in [3.05, 3.63) is 65.4 Å². The second kappa shape index (κ2) is 7.89. The Balaban J connectivity index is 1.51. The molecule has 0 atom stereocenters. The fourth-order valence-electron chi connectivity index (χ4n) is 3.57. The Kier molecular flexibility index (Phi) is 5.15. The Bertz CT molecular complexity index is 959. The van der Waals surface area contributed by atoms with Gasteiger partial charge in [0.25, 0.3) is 0 Å². The molecule has 2 aromatic carbocycles. The number of aryl methyl sites for hydroxylation is 2. The summed E-state index contributed by atoms with van der Waals surface area (Å²) >= 11 is 0. The van der Waals surface area contributed by atoms with Gasteiger partial charge in [-0.2, -0.15) is 4.98 Å². The lowest BCUT2D eigenvalue weighted by atomic mass is 10.1. The van der Waals surface area contributed by atoms with Gasteiger partial charge in [-0.3, -0.25) is 0 Å². The van der Waals surface area contributed by atoms with Crippen LogP contribution in [0.15, 0.2) is 48.5 Å². The van der Waals surface area contributed by atoms with Gasteiger partial charge in [-0.1, -0.05) is 12.1 Å². The van der Waals surface area contributed by atoms with Crippen LogP contribution in [0.4, 0.5) is 28.8 Å². The van der Waals surface area contributed by atoms with Gasteiger partial charge in [0.1, 0.15) is 5.82 Å². The molecule has 0 aliphatic carbocycles. The van der Waals surface area contributed by atoms with Crippen LogP contribution >= 0.6 is 0 Å². The molecule has 2 heterocycles. The fraction of sp³-hybridized carbons (Fsp3) is 0.304. The zero-order valence-corrected chi connectivity index (χ0v) is 16.8. The highest BCUT2D eigenvalue weighted by Crippen LogP contribution is 2.25. The van der Waals surface area contributed by atoms with E-state index in [0.717, 1.165) is 36.0 Å². The molecule has 28 heavy (non-hydrogen) atoms. The maximum absolute atomic E-state index is 4.65. The van der Waals surface area contributed by atoms with Gasteiger partial charge in [-0.15, -0.1) is 0 Å². The van der Waals surface area contributed by atoms with E-state index in [2.05, 4.69) is 75.7 Å². The summed E-state index contributed by atoms with van der Waals surface area (Å²) in [4.78, 5) is 11.6.